The Morgan fingerprint density at radius 2 is 2.00 bits per heavy atom. The number of hydrogen-bond donors (Lipinski definition) is 0. The summed E-state index contributed by atoms with van der Waals surface area (Å²) in [5, 5.41) is 9.11. The van der Waals surface area contributed by atoms with Crippen LogP contribution in [0.5, 0.6) is 17.2 Å². The Balaban J connectivity index is 2.28. The number of carbonyl (C=O) groups excluding carboxylic acids is 1. The monoisotopic (exact) mass is 453 g/mol. The number of nitrogens with zero attached hydrogens (tertiary/aromatic N) is 1. The highest BCUT2D eigenvalue weighted by Crippen LogP contribution is 2.37. The molecule has 1 unspecified atom stereocenters. The van der Waals surface area contributed by atoms with E-state index in [4.69, 9.17) is 25.8 Å². The van der Waals surface area contributed by atoms with Gasteiger partial charge in [-0.15, -0.1) is 0 Å². The lowest BCUT2D eigenvalue weighted by Gasteiger charge is -2.18. The summed E-state index contributed by atoms with van der Waals surface area (Å²) in [5.41, 5.74) is -0.766. The Morgan fingerprint density at radius 1 is 1.26 bits per heavy atom. The van der Waals surface area contributed by atoms with Gasteiger partial charge in [-0.25, -0.2) is 4.79 Å². The van der Waals surface area contributed by atoms with E-state index < -0.39 is 23.8 Å². The van der Waals surface area contributed by atoms with E-state index in [1.807, 2.05) is 13.0 Å². The van der Waals surface area contributed by atoms with Gasteiger partial charge in [-0.2, -0.15) is 18.4 Å². The average molecular weight is 454 g/mol. The highest BCUT2D eigenvalue weighted by molar-refractivity contribution is 6.32. The lowest BCUT2D eigenvalue weighted by atomic mass is 10.1. The molecule has 0 heterocycles. The lowest BCUT2D eigenvalue weighted by Crippen LogP contribution is -2.29. The van der Waals surface area contributed by atoms with Gasteiger partial charge in [-0.3, -0.25) is 0 Å². The van der Waals surface area contributed by atoms with Crippen LogP contribution in [0.1, 0.15) is 30.9 Å². The van der Waals surface area contributed by atoms with Crippen molar-refractivity contribution in [3.63, 3.8) is 0 Å². The maximum atomic E-state index is 12.8. The van der Waals surface area contributed by atoms with Crippen LogP contribution in [0.15, 0.2) is 49.1 Å². The van der Waals surface area contributed by atoms with Crippen LogP contribution in [0.2, 0.25) is 5.02 Å². The van der Waals surface area contributed by atoms with Gasteiger partial charge in [-0.05, 0) is 36.8 Å². The van der Waals surface area contributed by atoms with Crippen molar-refractivity contribution in [2.24, 2.45) is 0 Å². The third-order valence-electron chi connectivity index (χ3n) is 3.99. The van der Waals surface area contributed by atoms with Gasteiger partial charge in [0.05, 0.1) is 16.1 Å². The number of benzene rings is 2. The molecule has 0 saturated heterocycles. The Bertz CT molecular complexity index is 986. The maximum Gasteiger partial charge on any atom is 0.416 e. The Labute approximate surface area is 182 Å². The highest BCUT2D eigenvalue weighted by atomic mass is 35.5. The number of alkyl halides is 3. The first kappa shape index (κ1) is 24.1. The summed E-state index contributed by atoms with van der Waals surface area (Å²) in [5.74, 6) is -0.397. The minimum absolute atomic E-state index is 0.0131. The van der Waals surface area contributed by atoms with E-state index >= 15 is 0 Å². The average Bonchev–Trinajstić information content (AvgIpc) is 2.72. The number of halogens is 4. The van der Waals surface area contributed by atoms with Crippen LogP contribution in [0.4, 0.5) is 13.2 Å². The second-order valence-electron chi connectivity index (χ2n) is 6.33. The standard InChI is InChI=1S/C22H19ClF3NO4/c1-3-5-19(21(28)29-10-4-2)31-20-12-16(8-6-14(20)13-27)30-18-9-7-15(11-17(18)23)22(24,25)26/h4,6-9,11-12,19H,2-3,5,10H2,1H3. The Kier molecular flexibility index (Phi) is 8.34. The van der Waals surface area contributed by atoms with Crippen molar-refractivity contribution in [1.29, 1.82) is 5.26 Å². The first-order chi connectivity index (χ1) is 14.7. The van der Waals surface area contributed by atoms with Gasteiger partial charge in [0.2, 0.25) is 0 Å². The molecule has 1 atom stereocenters. The summed E-state index contributed by atoms with van der Waals surface area (Å²) < 4.78 is 54.7. The molecule has 0 saturated carbocycles. The van der Waals surface area contributed by atoms with Crippen LogP contribution in [0.25, 0.3) is 0 Å². The van der Waals surface area contributed by atoms with Crippen LogP contribution in [0, 0.1) is 11.3 Å². The lowest BCUT2D eigenvalue weighted by molar-refractivity contribution is -0.151. The van der Waals surface area contributed by atoms with Crippen LogP contribution < -0.4 is 9.47 Å². The molecule has 2 rings (SSSR count). The quantitative estimate of drug-likeness (QED) is 0.329. The van der Waals surface area contributed by atoms with Gasteiger partial charge in [0, 0.05) is 6.07 Å². The summed E-state index contributed by atoms with van der Waals surface area (Å²) in [7, 11) is 0. The number of hydrogen-bond acceptors (Lipinski definition) is 5. The first-order valence-electron chi connectivity index (χ1n) is 9.22. The molecule has 164 valence electrons. The normalized spacial score (nSPS) is 11.9. The molecule has 0 aliphatic heterocycles. The molecule has 2 aromatic carbocycles. The number of nitriles is 1. The molecule has 0 aromatic heterocycles. The van der Waals surface area contributed by atoms with Gasteiger partial charge >= 0.3 is 12.1 Å². The predicted octanol–water partition coefficient (Wildman–Crippen LogP) is 6.30. The molecule has 0 radical (unpaired) electrons. The van der Waals surface area contributed by atoms with Crippen molar-refractivity contribution >= 4 is 17.6 Å². The second-order valence-corrected chi connectivity index (χ2v) is 6.74. The predicted molar refractivity (Wildman–Crippen MR) is 108 cm³/mol. The Morgan fingerprint density at radius 3 is 2.58 bits per heavy atom. The van der Waals surface area contributed by atoms with Crippen molar-refractivity contribution in [3.8, 4) is 23.3 Å². The molecular weight excluding hydrogens is 435 g/mol. The number of carbonyl (C=O) groups is 1. The molecule has 0 fully saturated rings. The summed E-state index contributed by atoms with van der Waals surface area (Å²) in [4.78, 5) is 12.2. The Hall–Kier alpha value is -3.18. The fourth-order valence-corrected chi connectivity index (χ4v) is 2.74. The molecule has 0 aliphatic carbocycles. The van der Waals surface area contributed by atoms with Crippen molar-refractivity contribution < 1.29 is 32.2 Å². The van der Waals surface area contributed by atoms with Gasteiger partial charge in [-0.1, -0.05) is 37.6 Å². The minimum Gasteiger partial charge on any atom is -0.477 e. The number of esters is 1. The van der Waals surface area contributed by atoms with E-state index in [0.29, 0.717) is 12.8 Å². The van der Waals surface area contributed by atoms with Crippen LogP contribution >= 0.6 is 11.6 Å². The fourth-order valence-electron chi connectivity index (χ4n) is 2.52. The molecule has 0 aliphatic rings. The van der Waals surface area contributed by atoms with E-state index in [1.165, 1.54) is 24.3 Å². The van der Waals surface area contributed by atoms with Gasteiger partial charge < -0.3 is 14.2 Å². The van der Waals surface area contributed by atoms with Crippen molar-refractivity contribution in [2.45, 2.75) is 32.0 Å². The third-order valence-corrected chi connectivity index (χ3v) is 4.28. The molecule has 0 spiro atoms. The SMILES string of the molecule is C=CCOC(=O)C(CCC)Oc1cc(Oc2ccc(C(F)(F)F)cc2Cl)ccc1C#N. The van der Waals surface area contributed by atoms with Crippen LogP contribution in [-0.4, -0.2) is 18.7 Å². The van der Waals surface area contributed by atoms with E-state index in [1.54, 1.807) is 0 Å². The second kappa shape index (κ2) is 10.7. The zero-order valence-electron chi connectivity index (χ0n) is 16.5. The minimum atomic E-state index is -4.54. The fraction of sp³-hybridized carbons (Fsp3) is 0.273. The van der Waals surface area contributed by atoms with Gasteiger partial charge in [0.25, 0.3) is 0 Å². The molecule has 0 N–H and O–H groups in total. The van der Waals surface area contributed by atoms with Crippen LogP contribution in [0.3, 0.4) is 0 Å². The zero-order chi connectivity index (χ0) is 23.0. The summed E-state index contributed by atoms with van der Waals surface area (Å²) in [6.45, 7) is 5.35. The zero-order valence-corrected chi connectivity index (χ0v) is 17.3. The summed E-state index contributed by atoms with van der Waals surface area (Å²) in [6.07, 6.45) is -3.11. The van der Waals surface area contributed by atoms with Crippen LogP contribution in [-0.2, 0) is 15.7 Å². The topological polar surface area (TPSA) is 68.6 Å². The number of rotatable bonds is 9. The summed E-state index contributed by atoms with van der Waals surface area (Å²) >= 11 is 5.92. The smallest absolute Gasteiger partial charge is 0.416 e. The molecule has 0 amide bonds. The molecule has 31 heavy (non-hydrogen) atoms. The van der Waals surface area contributed by atoms with Gasteiger partial charge in [0.1, 0.15) is 29.9 Å². The first-order valence-corrected chi connectivity index (χ1v) is 9.60. The van der Waals surface area contributed by atoms with Crippen molar-refractivity contribution in [2.75, 3.05) is 6.61 Å². The number of ether oxygens (including phenoxy) is 3. The molecule has 0 bridgehead atoms. The van der Waals surface area contributed by atoms with Crippen molar-refractivity contribution in [1.82, 2.24) is 0 Å². The van der Waals surface area contributed by atoms with Crippen molar-refractivity contribution in [3.05, 3.63) is 65.2 Å². The molecule has 2 aromatic rings. The highest BCUT2D eigenvalue weighted by Gasteiger charge is 2.31. The maximum absolute atomic E-state index is 12.8. The third kappa shape index (κ3) is 6.66. The van der Waals surface area contributed by atoms with Gasteiger partial charge in [0.15, 0.2) is 6.10 Å². The largest absolute Gasteiger partial charge is 0.477 e. The van der Waals surface area contributed by atoms with E-state index in [2.05, 4.69) is 6.58 Å². The summed E-state index contributed by atoms with van der Waals surface area (Å²) in [6, 6.07) is 8.84. The molecule has 9 heteroatoms. The molecule has 5 nitrogen and oxygen atoms in total. The molecular formula is C22H19ClF3NO4. The van der Waals surface area contributed by atoms with E-state index in [-0.39, 0.29) is 34.4 Å². The van der Waals surface area contributed by atoms with E-state index in [9.17, 15) is 23.2 Å². The van der Waals surface area contributed by atoms with E-state index in [0.717, 1.165) is 18.2 Å².